The summed E-state index contributed by atoms with van der Waals surface area (Å²) in [7, 11) is 0. The first-order valence-corrected chi connectivity index (χ1v) is 6.21. The first-order valence-electron chi connectivity index (χ1n) is 6.21. The van der Waals surface area contributed by atoms with E-state index in [1.54, 1.807) is 6.07 Å². The van der Waals surface area contributed by atoms with Crippen LogP contribution in [0.15, 0.2) is 18.2 Å². The lowest BCUT2D eigenvalue weighted by atomic mass is 10.0. The van der Waals surface area contributed by atoms with Crippen molar-refractivity contribution >= 4 is 0 Å². The standard InChI is InChI=1S/C13H14F3NO3/c1-12(2)6-17-10-8-4-3-7(19-13(14,15)16)5-9(8)18-11(10)20-12/h3-5,10-11,17H,6H2,1-2H3/t10-,11-/m0/s1. The second kappa shape index (κ2) is 4.26. The Hall–Kier alpha value is -1.47. The Bertz CT molecular complexity index is 530. The van der Waals surface area contributed by atoms with Gasteiger partial charge in [0, 0.05) is 18.2 Å². The molecule has 0 radical (unpaired) electrons. The maximum absolute atomic E-state index is 12.2. The van der Waals surface area contributed by atoms with Gasteiger partial charge in [-0.2, -0.15) is 0 Å². The summed E-state index contributed by atoms with van der Waals surface area (Å²) < 4.78 is 51.8. The molecule has 2 heterocycles. The summed E-state index contributed by atoms with van der Waals surface area (Å²) in [5.74, 6) is 0.0566. The van der Waals surface area contributed by atoms with Crippen LogP contribution in [-0.4, -0.2) is 24.8 Å². The molecule has 1 aromatic carbocycles. The molecule has 2 atom stereocenters. The highest BCUT2D eigenvalue weighted by Crippen LogP contribution is 2.43. The molecule has 7 heteroatoms. The van der Waals surface area contributed by atoms with Crippen LogP contribution in [0.1, 0.15) is 25.5 Å². The van der Waals surface area contributed by atoms with E-state index in [2.05, 4.69) is 10.1 Å². The third-order valence-electron chi connectivity index (χ3n) is 3.25. The summed E-state index contributed by atoms with van der Waals surface area (Å²) in [6, 6.07) is 3.91. The van der Waals surface area contributed by atoms with Crippen LogP contribution in [-0.2, 0) is 4.74 Å². The Morgan fingerprint density at radius 3 is 2.80 bits per heavy atom. The Kier molecular flexibility index (Phi) is 2.88. The molecule has 0 aromatic heterocycles. The molecule has 0 bridgehead atoms. The fourth-order valence-electron chi connectivity index (χ4n) is 2.42. The number of morpholine rings is 1. The molecule has 0 saturated carbocycles. The number of nitrogens with one attached hydrogen (secondary N) is 1. The van der Waals surface area contributed by atoms with E-state index < -0.39 is 12.7 Å². The molecule has 3 rings (SSSR count). The maximum Gasteiger partial charge on any atom is 0.573 e. The smallest absolute Gasteiger partial charge is 0.462 e. The lowest BCUT2D eigenvalue weighted by molar-refractivity contribution is -0.274. The van der Waals surface area contributed by atoms with Crippen LogP contribution in [0.2, 0.25) is 0 Å². The maximum atomic E-state index is 12.2. The van der Waals surface area contributed by atoms with Crippen molar-refractivity contribution in [2.75, 3.05) is 6.54 Å². The van der Waals surface area contributed by atoms with Crippen LogP contribution >= 0.6 is 0 Å². The number of benzene rings is 1. The van der Waals surface area contributed by atoms with Crippen molar-refractivity contribution in [3.05, 3.63) is 23.8 Å². The van der Waals surface area contributed by atoms with Crippen LogP contribution in [0, 0.1) is 0 Å². The number of fused-ring (bicyclic) bond motifs is 3. The first-order chi connectivity index (χ1) is 9.23. The monoisotopic (exact) mass is 289 g/mol. The average molecular weight is 289 g/mol. The van der Waals surface area contributed by atoms with Gasteiger partial charge in [0.1, 0.15) is 11.5 Å². The van der Waals surface area contributed by atoms with Gasteiger partial charge in [0.05, 0.1) is 11.6 Å². The van der Waals surface area contributed by atoms with Crippen LogP contribution in [0.3, 0.4) is 0 Å². The minimum Gasteiger partial charge on any atom is -0.462 e. The summed E-state index contributed by atoms with van der Waals surface area (Å²) in [6.45, 7) is 4.47. The third-order valence-corrected chi connectivity index (χ3v) is 3.25. The summed E-state index contributed by atoms with van der Waals surface area (Å²) in [5.41, 5.74) is 0.397. The molecule has 1 saturated heterocycles. The van der Waals surface area contributed by atoms with Crippen LogP contribution in [0.5, 0.6) is 11.5 Å². The van der Waals surface area contributed by atoms with E-state index >= 15 is 0 Å². The molecule has 20 heavy (non-hydrogen) atoms. The number of alkyl halides is 3. The van der Waals surface area contributed by atoms with E-state index in [-0.39, 0.29) is 17.4 Å². The fourth-order valence-corrected chi connectivity index (χ4v) is 2.42. The molecule has 0 amide bonds. The van der Waals surface area contributed by atoms with Gasteiger partial charge in [0.2, 0.25) is 6.29 Å². The van der Waals surface area contributed by atoms with Gasteiger partial charge in [-0.1, -0.05) is 0 Å². The van der Waals surface area contributed by atoms with Crippen LogP contribution < -0.4 is 14.8 Å². The number of hydrogen-bond acceptors (Lipinski definition) is 4. The average Bonchev–Trinajstić information content (AvgIpc) is 2.61. The highest BCUT2D eigenvalue weighted by Gasteiger charge is 2.43. The fraction of sp³-hybridized carbons (Fsp3) is 0.538. The summed E-state index contributed by atoms with van der Waals surface area (Å²) in [4.78, 5) is 0. The van der Waals surface area contributed by atoms with E-state index in [1.807, 2.05) is 13.8 Å². The second-order valence-electron chi connectivity index (χ2n) is 5.47. The largest absolute Gasteiger partial charge is 0.573 e. The zero-order valence-electron chi connectivity index (χ0n) is 11.0. The summed E-state index contributed by atoms with van der Waals surface area (Å²) >= 11 is 0. The van der Waals surface area contributed by atoms with Gasteiger partial charge in [-0.05, 0) is 26.0 Å². The third kappa shape index (κ3) is 2.55. The lowest BCUT2D eigenvalue weighted by Gasteiger charge is -2.37. The quantitative estimate of drug-likeness (QED) is 0.863. The van der Waals surface area contributed by atoms with Crippen molar-refractivity contribution in [2.24, 2.45) is 0 Å². The Labute approximate surface area is 113 Å². The Balaban J connectivity index is 1.83. The van der Waals surface area contributed by atoms with Crippen molar-refractivity contribution in [2.45, 2.75) is 38.1 Å². The predicted molar refractivity (Wildman–Crippen MR) is 63.4 cm³/mol. The SMILES string of the molecule is CC1(C)CN[C@H]2c3ccc(OC(F)(F)F)cc3O[C@H]2O1. The van der Waals surface area contributed by atoms with Gasteiger partial charge in [0.25, 0.3) is 0 Å². The molecule has 1 fully saturated rings. The summed E-state index contributed by atoms with van der Waals surface area (Å²) in [5, 5.41) is 3.28. The zero-order chi connectivity index (χ0) is 14.5. The molecular weight excluding hydrogens is 275 g/mol. The van der Waals surface area contributed by atoms with Crippen molar-refractivity contribution in [1.82, 2.24) is 5.32 Å². The van der Waals surface area contributed by atoms with E-state index in [0.717, 1.165) is 5.56 Å². The van der Waals surface area contributed by atoms with Gasteiger partial charge >= 0.3 is 6.36 Å². The number of rotatable bonds is 1. The number of ether oxygens (including phenoxy) is 3. The second-order valence-corrected chi connectivity index (χ2v) is 5.47. The van der Waals surface area contributed by atoms with Crippen molar-refractivity contribution in [3.63, 3.8) is 0 Å². The molecule has 0 aliphatic carbocycles. The number of halogens is 3. The molecule has 2 aliphatic rings. The van der Waals surface area contributed by atoms with E-state index in [1.165, 1.54) is 12.1 Å². The van der Waals surface area contributed by atoms with Gasteiger partial charge < -0.3 is 19.5 Å². The van der Waals surface area contributed by atoms with Gasteiger partial charge in [-0.25, -0.2) is 0 Å². The van der Waals surface area contributed by atoms with Gasteiger partial charge in [-0.15, -0.1) is 13.2 Å². The van der Waals surface area contributed by atoms with Crippen molar-refractivity contribution in [3.8, 4) is 11.5 Å². The highest BCUT2D eigenvalue weighted by molar-refractivity contribution is 5.45. The van der Waals surface area contributed by atoms with Crippen molar-refractivity contribution < 1.29 is 27.4 Å². The lowest BCUT2D eigenvalue weighted by Crippen LogP contribution is -2.52. The predicted octanol–water partition coefficient (Wildman–Crippen LogP) is 2.74. The Morgan fingerprint density at radius 1 is 1.35 bits per heavy atom. The van der Waals surface area contributed by atoms with Crippen LogP contribution in [0.4, 0.5) is 13.2 Å². The minimum atomic E-state index is -4.71. The Morgan fingerprint density at radius 2 is 2.10 bits per heavy atom. The van der Waals surface area contributed by atoms with E-state index in [9.17, 15) is 13.2 Å². The minimum absolute atomic E-state index is 0.169. The molecule has 110 valence electrons. The molecular formula is C13H14F3NO3. The highest BCUT2D eigenvalue weighted by atomic mass is 19.4. The normalized spacial score (nSPS) is 27.4. The van der Waals surface area contributed by atoms with Crippen molar-refractivity contribution in [1.29, 1.82) is 0 Å². The summed E-state index contributed by atoms with van der Waals surface area (Å²) in [6.07, 6.45) is -5.24. The molecule has 1 aromatic rings. The topological polar surface area (TPSA) is 39.7 Å². The van der Waals surface area contributed by atoms with Gasteiger partial charge in [0.15, 0.2) is 0 Å². The van der Waals surface area contributed by atoms with E-state index in [4.69, 9.17) is 9.47 Å². The van der Waals surface area contributed by atoms with Gasteiger partial charge in [-0.3, -0.25) is 0 Å². The molecule has 0 spiro atoms. The number of hydrogen-bond donors (Lipinski definition) is 1. The zero-order valence-corrected chi connectivity index (χ0v) is 11.0. The molecule has 4 nitrogen and oxygen atoms in total. The van der Waals surface area contributed by atoms with E-state index in [0.29, 0.717) is 12.3 Å². The van der Waals surface area contributed by atoms with Crippen LogP contribution in [0.25, 0.3) is 0 Å². The molecule has 1 N–H and O–H groups in total. The molecule has 0 unspecified atom stereocenters. The first kappa shape index (κ1) is 13.5. The molecule has 2 aliphatic heterocycles.